The molecule has 3 aromatic rings. The first-order valence-electron chi connectivity index (χ1n) is 12.0. The maximum atomic E-state index is 14.3. The third-order valence-electron chi connectivity index (χ3n) is 6.27. The zero-order chi connectivity index (χ0) is 24.0. The van der Waals surface area contributed by atoms with Gasteiger partial charge in [0.15, 0.2) is 5.17 Å². The van der Waals surface area contributed by atoms with Gasteiger partial charge in [0.25, 0.3) is 5.91 Å². The molecule has 0 unspecified atom stereocenters. The molecule has 4 nitrogen and oxygen atoms in total. The Hall–Kier alpha value is -3.38. The van der Waals surface area contributed by atoms with Crippen LogP contribution in [-0.2, 0) is 11.4 Å². The highest BCUT2D eigenvalue weighted by molar-refractivity contribution is 8.18. The van der Waals surface area contributed by atoms with E-state index >= 15 is 0 Å². The molecule has 35 heavy (non-hydrogen) atoms. The molecular weight excluding hydrogens is 459 g/mol. The fourth-order valence-corrected chi connectivity index (χ4v) is 5.48. The number of amidine groups is 1. The van der Waals surface area contributed by atoms with Crippen molar-refractivity contribution in [3.63, 3.8) is 0 Å². The minimum absolute atomic E-state index is 0.0543. The molecule has 2 fully saturated rings. The van der Waals surface area contributed by atoms with Crippen LogP contribution in [0.4, 0.5) is 10.1 Å². The molecule has 1 saturated heterocycles. The number of amides is 1. The van der Waals surface area contributed by atoms with Crippen LogP contribution in [0.3, 0.4) is 0 Å². The van der Waals surface area contributed by atoms with E-state index in [2.05, 4.69) is 4.99 Å². The van der Waals surface area contributed by atoms with Gasteiger partial charge in [0.2, 0.25) is 0 Å². The van der Waals surface area contributed by atoms with Gasteiger partial charge in [-0.15, -0.1) is 0 Å². The molecule has 0 aromatic heterocycles. The van der Waals surface area contributed by atoms with Crippen molar-refractivity contribution in [2.75, 3.05) is 0 Å². The molecule has 2 aliphatic rings. The standard InChI is InChI=1S/C29H27FN2O2S/c30-25-13-7-8-14-26(25)31-29-32(23-11-5-2-6-12-23)28(33)27(35-29)19-21-15-17-24(18-16-21)34-20-22-9-3-1-4-10-22/h1,3-4,7-10,13-19,23H,2,5-6,11-12,20H2/b27-19-,31-29?. The van der Waals surface area contributed by atoms with Crippen molar-refractivity contribution in [2.24, 2.45) is 4.99 Å². The predicted molar refractivity (Wildman–Crippen MR) is 140 cm³/mol. The molecule has 178 valence electrons. The van der Waals surface area contributed by atoms with Crippen LogP contribution in [0.15, 0.2) is 88.8 Å². The Balaban J connectivity index is 1.36. The van der Waals surface area contributed by atoms with Gasteiger partial charge in [0, 0.05) is 6.04 Å². The highest BCUT2D eigenvalue weighted by Gasteiger charge is 2.38. The molecular formula is C29H27FN2O2S. The monoisotopic (exact) mass is 486 g/mol. The predicted octanol–water partition coefficient (Wildman–Crippen LogP) is 7.34. The SMILES string of the molecule is O=C1/C(=C/c2ccc(OCc3ccccc3)cc2)SC(=Nc2ccccc2F)N1C1CCCCC1. The van der Waals surface area contributed by atoms with Crippen LogP contribution in [-0.4, -0.2) is 22.0 Å². The first-order chi connectivity index (χ1) is 17.2. The van der Waals surface area contributed by atoms with Crippen molar-refractivity contribution in [3.8, 4) is 5.75 Å². The number of hydrogen-bond acceptors (Lipinski definition) is 4. The Morgan fingerprint density at radius 1 is 0.943 bits per heavy atom. The zero-order valence-electron chi connectivity index (χ0n) is 19.4. The molecule has 1 amide bonds. The third kappa shape index (κ3) is 5.65. The van der Waals surface area contributed by atoms with Crippen molar-refractivity contribution in [1.82, 2.24) is 4.90 Å². The van der Waals surface area contributed by atoms with E-state index in [1.54, 1.807) is 23.1 Å². The summed E-state index contributed by atoms with van der Waals surface area (Å²) >= 11 is 1.32. The summed E-state index contributed by atoms with van der Waals surface area (Å²) in [7, 11) is 0. The maximum Gasteiger partial charge on any atom is 0.267 e. The van der Waals surface area contributed by atoms with Crippen molar-refractivity contribution in [1.29, 1.82) is 0 Å². The highest BCUT2D eigenvalue weighted by Crippen LogP contribution is 2.39. The van der Waals surface area contributed by atoms with Crippen molar-refractivity contribution in [2.45, 2.75) is 44.8 Å². The van der Waals surface area contributed by atoms with E-state index < -0.39 is 0 Å². The van der Waals surface area contributed by atoms with E-state index in [-0.39, 0.29) is 23.5 Å². The van der Waals surface area contributed by atoms with Crippen molar-refractivity contribution >= 4 is 34.6 Å². The number of para-hydroxylation sites is 1. The third-order valence-corrected chi connectivity index (χ3v) is 7.25. The largest absolute Gasteiger partial charge is 0.489 e. The summed E-state index contributed by atoms with van der Waals surface area (Å²) in [5, 5.41) is 0.557. The highest BCUT2D eigenvalue weighted by atomic mass is 32.2. The Morgan fingerprint density at radius 3 is 2.40 bits per heavy atom. The molecule has 6 heteroatoms. The Morgan fingerprint density at radius 2 is 1.66 bits per heavy atom. The molecule has 0 spiro atoms. The minimum atomic E-state index is -0.389. The van der Waals surface area contributed by atoms with Gasteiger partial charge in [-0.1, -0.05) is 73.9 Å². The maximum absolute atomic E-state index is 14.3. The van der Waals surface area contributed by atoms with Crippen LogP contribution in [0.1, 0.15) is 43.2 Å². The van der Waals surface area contributed by atoms with E-state index in [0.717, 1.165) is 42.6 Å². The lowest BCUT2D eigenvalue weighted by atomic mass is 9.94. The van der Waals surface area contributed by atoms with Crippen molar-refractivity contribution < 1.29 is 13.9 Å². The van der Waals surface area contributed by atoms with E-state index in [4.69, 9.17) is 4.74 Å². The molecule has 1 saturated carbocycles. The van der Waals surface area contributed by atoms with Crippen LogP contribution in [0.5, 0.6) is 5.75 Å². The lowest BCUT2D eigenvalue weighted by molar-refractivity contribution is -0.124. The first kappa shape index (κ1) is 23.4. The van der Waals surface area contributed by atoms with Gasteiger partial charge in [0.05, 0.1) is 4.91 Å². The van der Waals surface area contributed by atoms with Gasteiger partial charge in [-0.2, -0.15) is 0 Å². The van der Waals surface area contributed by atoms with Gasteiger partial charge in [-0.3, -0.25) is 9.69 Å². The summed E-state index contributed by atoms with van der Waals surface area (Å²) in [4.78, 5) is 20.4. The quantitative estimate of drug-likeness (QED) is 0.342. The van der Waals surface area contributed by atoms with Crippen LogP contribution >= 0.6 is 11.8 Å². The number of carbonyl (C=O) groups excluding carboxylic acids is 1. The fraction of sp³-hybridized carbons (Fsp3) is 0.241. The van der Waals surface area contributed by atoms with Gasteiger partial charge in [-0.25, -0.2) is 9.38 Å². The fourth-order valence-electron chi connectivity index (χ4n) is 4.42. The summed E-state index contributed by atoms with van der Waals surface area (Å²) in [6, 6.07) is 24.3. The Bertz CT molecular complexity index is 1240. The average molecular weight is 487 g/mol. The molecule has 1 aliphatic carbocycles. The van der Waals surface area contributed by atoms with Crippen LogP contribution < -0.4 is 4.74 Å². The number of nitrogens with zero attached hydrogens (tertiary/aromatic N) is 2. The van der Waals surface area contributed by atoms with Gasteiger partial charge in [-0.05, 0) is 66.1 Å². The average Bonchev–Trinajstić information content (AvgIpc) is 3.20. The molecule has 0 N–H and O–H groups in total. The number of carbonyl (C=O) groups is 1. The van der Waals surface area contributed by atoms with E-state index in [1.807, 2.05) is 60.7 Å². The Kier molecular flexibility index (Phi) is 7.28. The topological polar surface area (TPSA) is 41.9 Å². The normalized spacial score (nSPS) is 19.0. The van der Waals surface area contributed by atoms with Gasteiger partial charge in [0.1, 0.15) is 23.9 Å². The van der Waals surface area contributed by atoms with Gasteiger partial charge >= 0.3 is 0 Å². The number of ether oxygens (including phenoxy) is 1. The summed E-state index contributed by atoms with van der Waals surface area (Å²) in [5.74, 6) is 0.327. The molecule has 0 bridgehead atoms. The number of thioether (sulfide) groups is 1. The minimum Gasteiger partial charge on any atom is -0.489 e. The van der Waals surface area contributed by atoms with E-state index in [9.17, 15) is 9.18 Å². The second kappa shape index (κ2) is 10.9. The number of rotatable bonds is 6. The van der Waals surface area contributed by atoms with Crippen LogP contribution in [0.25, 0.3) is 6.08 Å². The smallest absolute Gasteiger partial charge is 0.267 e. The number of benzene rings is 3. The van der Waals surface area contributed by atoms with Crippen LogP contribution in [0, 0.1) is 5.82 Å². The summed E-state index contributed by atoms with van der Waals surface area (Å²) in [6.07, 6.45) is 7.15. The molecule has 1 heterocycles. The van der Waals surface area contributed by atoms with E-state index in [1.165, 1.54) is 24.2 Å². The molecule has 5 rings (SSSR count). The zero-order valence-corrected chi connectivity index (χ0v) is 20.2. The van der Waals surface area contributed by atoms with Crippen molar-refractivity contribution in [3.05, 3.63) is 101 Å². The summed E-state index contributed by atoms with van der Waals surface area (Å²) in [6.45, 7) is 0.502. The first-order valence-corrected chi connectivity index (χ1v) is 12.8. The summed E-state index contributed by atoms with van der Waals surface area (Å²) < 4.78 is 20.2. The van der Waals surface area contributed by atoms with Crippen LogP contribution in [0.2, 0.25) is 0 Å². The second-order valence-corrected chi connectivity index (χ2v) is 9.78. The lowest BCUT2D eigenvalue weighted by Gasteiger charge is -2.30. The summed E-state index contributed by atoms with van der Waals surface area (Å²) in [5.41, 5.74) is 2.27. The molecule has 0 atom stereocenters. The lowest BCUT2D eigenvalue weighted by Crippen LogP contribution is -2.40. The second-order valence-electron chi connectivity index (χ2n) is 8.77. The number of aliphatic imine (C=N–C) groups is 1. The van der Waals surface area contributed by atoms with Gasteiger partial charge < -0.3 is 4.74 Å². The van der Waals surface area contributed by atoms with E-state index in [0.29, 0.717) is 16.7 Å². The molecule has 3 aromatic carbocycles. The molecule has 1 aliphatic heterocycles. The molecule has 0 radical (unpaired) electrons. The number of hydrogen-bond donors (Lipinski definition) is 0. The Labute approximate surface area is 209 Å². The number of halogens is 1.